The SMILES string of the molecule is COc1ccc(CN(C(=O)[C@@H]2Cc3cc(Cl)ccc3O2)C2CC2)cc1. The summed E-state index contributed by atoms with van der Waals surface area (Å²) in [4.78, 5) is 15.0. The van der Waals surface area contributed by atoms with E-state index in [0.29, 0.717) is 24.0 Å². The van der Waals surface area contributed by atoms with Crippen LogP contribution in [-0.4, -0.2) is 30.1 Å². The maximum atomic E-state index is 13.1. The second-order valence-electron chi connectivity index (χ2n) is 6.61. The minimum absolute atomic E-state index is 0.0608. The minimum atomic E-state index is -0.452. The maximum Gasteiger partial charge on any atom is 0.264 e. The molecule has 4 nitrogen and oxygen atoms in total. The molecule has 5 heteroatoms. The third-order valence-corrected chi connectivity index (χ3v) is 4.99. The predicted octanol–water partition coefficient (Wildman–Crippen LogP) is 3.84. The number of carbonyl (C=O) groups is 1. The molecule has 1 aliphatic carbocycles. The van der Waals surface area contributed by atoms with Gasteiger partial charge in [-0.1, -0.05) is 23.7 Å². The second kappa shape index (κ2) is 6.60. The standard InChI is InChI=1S/C20H20ClNO3/c1-24-17-7-2-13(3-8-17)12-22(16-5-6-16)20(23)19-11-14-10-15(21)4-9-18(14)25-19/h2-4,7-10,16,19H,5-6,11-12H2,1H3/t19-/m0/s1. The molecule has 1 amide bonds. The van der Waals surface area contributed by atoms with Gasteiger partial charge in [0.2, 0.25) is 0 Å². The van der Waals surface area contributed by atoms with E-state index in [4.69, 9.17) is 21.1 Å². The molecule has 2 aliphatic rings. The molecule has 0 unspecified atom stereocenters. The summed E-state index contributed by atoms with van der Waals surface area (Å²) in [6.45, 7) is 0.602. The lowest BCUT2D eigenvalue weighted by atomic mass is 10.1. The Hall–Kier alpha value is -2.20. The first-order valence-electron chi connectivity index (χ1n) is 8.52. The lowest BCUT2D eigenvalue weighted by Crippen LogP contribution is -2.42. The van der Waals surface area contributed by atoms with Gasteiger partial charge in [0.25, 0.3) is 5.91 Å². The summed E-state index contributed by atoms with van der Waals surface area (Å²) in [7, 11) is 1.65. The summed E-state index contributed by atoms with van der Waals surface area (Å²) < 4.78 is 11.1. The second-order valence-corrected chi connectivity index (χ2v) is 7.04. The minimum Gasteiger partial charge on any atom is -0.497 e. The summed E-state index contributed by atoms with van der Waals surface area (Å²) >= 11 is 6.04. The molecule has 1 fully saturated rings. The predicted molar refractivity (Wildman–Crippen MR) is 96.1 cm³/mol. The molecule has 0 N–H and O–H groups in total. The van der Waals surface area contributed by atoms with Gasteiger partial charge in [-0.05, 0) is 54.3 Å². The van der Waals surface area contributed by atoms with Crippen molar-refractivity contribution in [3.63, 3.8) is 0 Å². The highest BCUT2D eigenvalue weighted by Crippen LogP contribution is 2.35. The summed E-state index contributed by atoms with van der Waals surface area (Å²) in [5, 5.41) is 0.674. The number of amides is 1. The van der Waals surface area contributed by atoms with Crippen molar-refractivity contribution in [2.45, 2.75) is 38.0 Å². The summed E-state index contributed by atoms with van der Waals surface area (Å²) in [5.74, 6) is 1.65. The van der Waals surface area contributed by atoms with Crippen LogP contribution in [0.2, 0.25) is 5.02 Å². The molecule has 0 aromatic heterocycles. The number of hydrogen-bond donors (Lipinski definition) is 0. The molecule has 0 radical (unpaired) electrons. The van der Waals surface area contributed by atoms with Crippen molar-refractivity contribution >= 4 is 17.5 Å². The average Bonchev–Trinajstić information content (AvgIpc) is 3.38. The van der Waals surface area contributed by atoms with Crippen LogP contribution in [0.5, 0.6) is 11.5 Å². The zero-order valence-corrected chi connectivity index (χ0v) is 14.8. The van der Waals surface area contributed by atoms with Crippen LogP contribution in [0.4, 0.5) is 0 Å². The molecule has 0 saturated heterocycles. The first kappa shape index (κ1) is 16.3. The van der Waals surface area contributed by atoms with Crippen LogP contribution in [0.25, 0.3) is 0 Å². The Kier molecular flexibility index (Phi) is 4.30. The van der Waals surface area contributed by atoms with E-state index in [1.54, 1.807) is 13.2 Å². The first-order chi connectivity index (χ1) is 12.1. The van der Waals surface area contributed by atoms with Gasteiger partial charge in [-0.15, -0.1) is 0 Å². The van der Waals surface area contributed by atoms with Gasteiger partial charge >= 0.3 is 0 Å². The van der Waals surface area contributed by atoms with E-state index in [9.17, 15) is 4.79 Å². The molecule has 130 valence electrons. The van der Waals surface area contributed by atoms with Crippen LogP contribution in [-0.2, 0) is 17.8 Å². The van der Waals surface area contributed by atoms with Gasteiger partial charge in [-0.3, -0.25) is 4.79 Å². The van der Waals surface area contributed by atoms with E-state index < -0.39 is 6.10 Å². The molecule has 2 aromatic carbocycles. The van der Waals surface area contributed by atoms with Crippen LogP contribution in [0.3, 0.4) is 0 Å². The van der Waals surface area contributed by atoms with E-state index in [0.717, 1.165) is 35.5 Å². The van der Waals surface area contributed by atoms with Crippen molar-refractivity contribution in [2.75, 3.05) is 7.11 Å². The molecule has 0 spiro atoms. The largest absolute Gasteiger partial charge is 0.497 e. The van der Waals surface area contributed by atoms with E-state index >= 15 is 0 Å². The highest BCUT2D eigenvalue weighted by molar-refractivity contribution is 6.30. The fourth-order valence-electron chi connectivity index (χ4n) is 3.24. The number of methoxy groups -OCH3 is 1. The number of nitrogens with zero attached hydrogens (tertiary/aromatic N) is 1. The van der Waals surface area contributed by atoms with Crippen LogP contribution in [0.1, 0.15) is 24.0 Å². The van der Waals surface area contributed by atoms with Crippen molar-refractivity contribution in [3.05, 3.63) is 58.6 Å². The van der Waals surface area contributed by atoms with Crippen molar-refractivity contribution in [3.8, 4) is 11.5 Å². The van der Waals surface area contributed by atoms with Crippen molar-refractivity contribution in [1.29, 1.82) is 0 Å². The number of benzene rings is 2. The van der Waals surface area contributed by atoms with Gasteiger partial charge in [0.05, 0.1) is 7.11 Å². The lowest BCUT2D eigenvalue weighted by Gasteiger charge is -2.25. The van der Waals surface area contributed by atoms with Crippen molar-refractivity contribution in [2.24, 2.45) is 0 Å². The molecule has 1 saturated carbocycles. The topological polar surface area (TPSA) is 38.8 Å². The quantitative estimate of drug-likeness (QED) is 0.816. The van der Waals surface area contributed by atoms with Crippen LogP contribution >= 0.6 is 11.6 Å². The van der Waals surface area contributed by atoms with E-state index in [-0.39, 0.29) is 5.91 Å². The van der Waals surface area contributed by atoms with E-state index in [1.165, 1.54) is 0 Å². The number of hydrogen-bond acceptors (Lipinski definition) is 3. The van der Waals surface area contributed by atoms with Gasteiger partial charge in [-0.25, -0.2) is 0 Å². The fraction of sp³-hybridized carbons (Fsp3) is 0.350. The molecule has 4 rings (SSSR count). The summed E-state index contributed by atoms with van der Waals surface area (Å²) in [6, 6.07) is 13.7. The Morgan fingerprint density at radius 1 is 1.24 bits per heavy atom. The smallest absolute Gasteiger partial charge is 0.264 e. The average molecular weight is 358 g/mol. The van der Waals surface area contributed by atoms with Crippen LogP contribution in [0, 0.1) is 0 Å². The van der Waals surface area contributed by atoms with E-state index in [2.05, 4.69) is 0 Å². The molecule has 1 aliphatic heterocycles. The number of carbonyl (C=O) groups excluding carboxylic acids is 1. The molecular formula is C20H20ClNO3. The third-order valence-electron chi connectivity index (χ3n) is 4.76. The lowest BCUT2D eigenvalue weighted by molar-refractivity contribution is -0.139. The van der Waals surface area contributed by atoms with Gasteiger partial charge in [0, 0.05) is 24.0 Å². The zero-order valence-electron chi connectivity index (χ0n) is 14.1. The molecule has 1 atom stereocenters. The molecule has 1 heterocycles. The van der Waals surface area contributed by atoms with Gasteiger partial charge in [-0.2, -0.15) is 0 Å². The van der Waals surface area contributed by atoms with Crippen LogP contribution < -0.4 is 9.47 Å². The van der Waals surface area contributed by atoms with E-state index in [1.807, 2.05) is 41.3 Å². The van der Waals surface area contributed by atoms with Gasteiger partial charge in [0.1, 0.15) is 11.5 Å². The van der Waals surface area contributed by atoms with Gasteiger partial charge < -0.3 is 14.4 Å². The van der Waals surface area contributed by atoms with Crippen LogP contribution in [0.15, 0.2) is 42.5 Å². The zero-order chi connectivity index (χ0) is 17.4. The highest BCUT2D eigenvalue weighted by atomic mass is 35.5. The molecular weight excluding hydrogens is 338 g/mol. The Labute approximate surface area is 152 Å². The molecule has 25 heavy (non-hydrogen) atoms. The molecule has 2 aromatic rings. The number of fused-ring (bicyclic) bond motifs is 1. The summed E-state index contributed by atoms with van der Waals surface area (Å²) in [6.07, 6.45) is 2.26. The maximum absolute atomic E-state index is 13.1. The monoisotopic (exact) mass is 357 g/mol. The molecule has 0 bridgehead atoms. The Morgan fingerprint density at radius 3 is 2.68 bits per heavy atom. The number of halogens is 1. The van der Waals surface area contributed by atoms with Crippen molar-refractivity contribution in [1.82, 2.24) is 4.90 Å². The fourth-order valence-corrected chi connectivity index (χ4v) is 3.44. The number of rotatable bonds is 5. The summed E-state index contributed by atoms with van der Waals surface area (Å²) in [5.41, 5.74) is 2.10. The highest BCUT2D eigenvalue weighted by Gasteiger charge is 2.39. The Balaban J connectivity index is 1.48. The first-order valence-corrected chi connectivity index (χ1v) is 8.90. The Bertz CT molecular complexity index is 786. The number of ether oxygens (including phenoxy) is 2. The van der Waals surface area contributed by atoms with Gasteiger partial charge in [0.15, 0.2) is 6.10 Å². The normalized spacial score (nSPS) is 18.4. The van der Waals surface area contributed by atoms with Crippen molar-refractivity contribution < 1.29 is 14.3 Å². The Morgan fingerprint density at radius 2 is 2.00 bits per heavy atom. The third kappa shape index (κ3) is 3.45.